The monoisotopic (exact) mass is 439 g/mol. The smallest absolute Gasteiger partial charge is 0.271 e. The molecule has 9 nitrogen and oxygen atoms in total. The van der Waals surface area contributed by atoms with Crippen molar-refractivity contribution in [1.29, 1.82) is 0 Å². The van der Waals surface area contributed by atoms with Crippen LogP contribution in [-0.2, 0) is 11.3 Å². The lowest BCUT2D eigenvalue weighted by Gasteiger charge is -2.16. The number of carbonyl (C=O) groups is 1. The lowest BCUT2D eigenvalue weighted by Crippen LogP contribution is -2.33. The van der Waals surface area contributed by atoms with Gasteiger partial charge in [-0.2, -0.15) is 10.2 Å². The van der Waals surface area contributed by atoms with E-state index in [4.69, 9.17) is 4.74 Å². The topological polar surface area (TPSA) is 111 Å². The largest absolute Gasteiger partial charge is 0.455 e. The highest BCUT2D eigenvalue weighted by Crippen LogP contribution is 2.29. The van der Waals surface area contributed by atoms with Crippen molar-refractivity contribution in [2.45, 2.75) is 59.7 Å². The second-order valence-electron chi connectivity index (χ2n) is 8.61. The van der Waals surface area contributed by atoms with Crippen molar-refractivity contribution in [2.75, 3.05) is 5.32 Å². The summed E-state index contributed by atoms with van der Waals surface area (Å²) in [4.78, 5) is 25.2. The number of rotatable bonds is 7. The third kappa shape index (κ3) is 5.42. The van der Waals surface area contributed by atoms with E-state index in [0.717, 1.165) is 21.4 Å². The predicted octanol–water partition coefficient (Wildman–Crippen LogP) is 3.13. The van der Waals surface area contributed by atoms with Crippen LogP contribution in [0.4, 0.5) is 5.82 Å². The number of hydrogen-bond acceptors (Lipinski definition) is 6. The van der Waals surface area contributed by atoms with Crippen molar-refractivity contribution in [1.82, 2.24) is 19.6 Å². The van der Waals surface area contributed by atoms with Crippen LogP contribution in [-0.4, -0.2) is 36.2 Å². The van der Waals surface area contributed by atoms with Gasteiger partial charge in [0, 0.05) is 18.3 Å². The Labute approximate surface area is 186 Å². The van der Waals surface area contributed by atoms with E-state index in [1.54, 1.807) is 33.0 Å². The fourth-order valence-electron chi connectivity index (χ4n) is 3.20. The Morgan fingerprint density at radius 2 is 1.91 bits per heavy atom. The molecule has 2 aromatic heterocycles. The quantitative estimate of drug-likeness (QED) is 0.585. The summed E-state index contributed by atoms with van der Waals surface area (Å²) in [5, 5.41) is 20.9. The molecular formula is C23H29N5O4. The molecule has 0 saturated carbocycles. The molecule has 2 heterocycles. The molecule has 170 valence electrons. The maximum Gasteiger partial charge on any atom is 0.271 e. The van der Waals surface area contributed by atoms with E-state index in [1.165, 1.54) is 16.9 Å². The molecule has 1 unspecified atom stereocenters. The summed E-state index contributed by atoms with van der Waals surface area (Å²) in [5.74, 6) is 0.883. The minimum atomic E-state index is -0.933. The molecule has 0 fully saturated rings. The van der Waals surface area contributed by atoms with Crippen molar-refractivity contribution in [3.05, 3.63) is 63.7 Å². The summed E-state index contributed by atoms with van der Waals surface area (Å²) in [6, 6.07) is 6.05. The first kappa shape index (κ1) is 23.2. The number of benzene rings is 1. The molecule has 9 heteroatoms. The van der Waals surface area contributed by atoms with Gasteiger partial charge in [-0.1, -0.05) is 12.1 Å². The lowest BCUT2D eigenvalue weighted by molar-refractivity contribution is -0.119. The number of ether oxygens (including phenoxy) is 1. The fraction of sp³-hybridized carbons (Fsp3) is 0.391. The van der Waals surface area contributed by atoms with Crippen molar-refractivity contribution >= 4 is 11.7 Å². The molecule has 1 amide bonds. The molecule has 1 aromatic carbocycles. The number of nitrogens with one attached hydrogen (secondary N) is 1. The zero-order chi connectivity index (χ0) is 23.6. The summed E-state index contributed by atoms with van der Waals surface area (Å²) in [5.41, 5.74) is 1.64. The zero-order valence-corrected chi connectivity index (χ0v) is 19.2. The molecule has 0 aliphatic rings. The molecule has 0 aliphatic carbocycles. The van der Waals surface area contributed by atoms with Gasteiger partial charge in [0.05, 0.1) is 18.3 Å². The van der Waals surface area contributed by atoms with Crippen molar-refractivity contribution < 1.29 is 14.6 Å². The van der Waals surface area contributed by atoms with Gasteiger partial charge in [-0.15, -0.1) is 0 Å². The second kappa shape index (κ2) is 8.96. The Morgan fingerprint density at radius 1 is 1.22 bits per heavy atom. The minimum absolute atomic E-state index is 0.279. The normalized spacial score (nSPS) is 12.5. The third-order valence-corrected chi connectivity index (χ3v) is 5.08. The summed E-state index contributed by atoms with van der Waals surface area (Å²) >= 11 is 0. The van der Waals surface area contributed by atoms with Gasteiger partial charge in [-0.25, -0.2) is 4.68 Å². The van der Waals surface area contributed by atoms with Crippen LogP contribution in [0, 0.1) is 20.8 Å². The summed E-state index contributed by atoms with van der Waals surface area (Å²) in [6.07, 6.45) is 3.08. The number of anilines is 1. The second-order valence-corrected chi connectivity index (χ2v) is 8.61. The minimum Gasteiger partial charge on any atom is -0.455 e. The van der Waals surface area contributed by atoms with Gasteiger partial charge in [-0.3, -0.25) is 14.3 Å². The number of amides is 1. The summed E-state index contributed by atoms with van der Waals surface area (Å²) < 4.78 is 8.55. The Hall–Kier alpha value is -3.46. The van der Waals surface area contributed by atoms with Gasteiger partial charge in [0.1, 0.15) is 11.8 Å². The SMILES string of the molecule is Cc1ccc(C)c(Oc2cnn(C(C)C(=O)Nc3ccn(CC(C)(C)O)n3)c(=O)c2)c1C. The molecule has 1 atom stereocenters. The van der Waals surface area contributed by atoms with E-state index in [-0.39, 0.29) is 6.54 Å². The standard InChI is InChI=1S/C23H29N5O4/c1-14-7-8-15(2)21(16(14)3)32-18-11-20(29)28(24-12-18)17(4)22(30)25-19-9-10-27(26-19)13-23(5,6)31/h7-12,17,31H,13H2,1-6H3,(H,25,26,30). The van der Waals surface area contributed by atoms with E-state index in [0.29, 0.717) is 17.3 Å². The van der Waals surface area contributed by atoms with Gasteiger partial charge < -0.3 is 15.2 Å². The van der Waals surface area contributed by atoms with Crippen LogP contribution >= 0.6 is 0 Å². The number of nitrogens with zero attached hydrogens (tertiary/aromatic N) is 4. The fourth-order valence-corrected chi connectivity index (χ4v) is 3.20. The first-order valence-corrected chi connectivity index (χ1v) is 10.3. The zero-order valence-electron chi connectivity index (χ0n) is 19.2. The maximum atomic E-state index is 12.6. The molecule has 2 N–H and O–H groups in total. The van der Waals surface area contributed by atoms with E-state index >= 15 is 0 Å². The van der Waals surface area contributed by atoms with Gasteiger partial charge in [0.25, 0.3) is 5.56 Å². The highest BCUT2D eigenvalue weighted by atomic mass is 16.5. The van der Waals surface area contributed by atoms with E-state index in [9.17, 15) is 14.7 Å². The average molecular weight is 440 g/mol. The number of hydrogen-bond donors (Lipinski definition) is 2. The molecule has 0 bridgehead atoms. The van der Waals surface area contributed by atoms with E-state index < -0.39 is 23.1 Å². The number of aromatic nitrogens is 4. The molecule has 0 radical (unpaired) electrons. The van der Waals surface area contributed by atoms with Gasteiger partial charge in [-0.05, 0) is 58.2 Å². The van der Waals surface area contributed by atoms with Crippen molar-refractivity contribution in [3.8, 4) is 11.5 Å². The molecule has 32 heavy (non-hydrogen) atoms. The van der Waals surface area contributed by atoms with E-state index in [2.05, 4.69) is 15.5 Å². The predicted molar refractivity (Wildman–Crippen MR) is 121 cm³/mol. The number of aliphatic hydroxyl groups is 1. The molecular weight excluding hydrogens is 410 g/mol. The molecule has 0 aliphatic heterocycles. The van der Waals surface area contributed by atoms with Gasteiger partial charge in [0.2, 0.25) is 5.91 Å². The third-order valence-electron chi connectivity index (χ3n) is 5.08. The lowest BCUT2D eigenvalue weighted by atomic mass is 10.1. The highest BCUT2D eigenvalue weighted by Gasteiger charge is 2.20. The summed E-state index contributed by atoms with van der Waals surface area (Å²) in [7, 11) is 0. The summed E-state index contributed by atoms with van der Waals surface area (Å²) in [6.45, 7) is 11.1. The van der Waals surface area contributed by atoms with Crippen LogP contribution in [0.2, 0.25) is 0 Å². The van der Waals surface area contributed by atoms with Crippen LogP contribution in [0.15, 0.2) is 41.5 Å². The number of carbonyl (C=O) groups excluding carboxylic acids is 1. The Bertz CT molecular complexity index is 1190. The number of aryl methyl sites for hydroxylation is 2. The first-order valence-electron chi connectivity index (χ1n) is 10.3. The van der Waals surface area contributed by atoms with Crippen LogP contribution in [0.1, 0.15) is 43.5 Å². The van der Waals surface area contributed by atoms with Crippen LogP contribution in [0.5, 0.6) is 11.5 Å². The van der Waals surface area contributed by atoms with Crippen LogP contribution in [0.25, 0.3) is 0 Å². The Balaban J connectivity index is 1.73. The maximum absolute atomic E-state index is 12.6. The molecule has 0 spiro atoms. The molecule has 0 saturated heterocycles. The van der Waals surface area contributed by atoms with Crippen LogP contribution in [0.3, 0.4) is 0 Å². The van der Waals surface area contributed by atoms with Crippen molar-refractivity contribution in [2.24, 2.45) is 0 Å². The highest BCUT2D eigenvalue weighted by molar-refractivity contribution is 5.92. The van der Waals surface area contributed by atoms with Gasteiger partial charge >= 0.3 is 0 Å². The van der Waals surface area contributed by atoms with E-state index in [1.807, 2.05) is 32.9 Å². The molecule has 3 aromatic rings. The molecule has 3 rings (SSSR count). The first-order chi connectivity index (χ1) is 14.9. The van der Waals surface area contributed by atoms with Crippen LogP contribution < -0.4 is 15.6 Å². The Morgan fingerprint density at radius 3 is 2.56 bits per heavy atom. The van der Waals surface area contributed by atoms with Gasteiger partial charge in [0.15, 0.2) is 11.6 Å². The Kier molecular flexibility index (Phi) is 6.50. The van der Waals surface area contributed by atoms with Crippen molar-refractivity contribution in [3.63, 3.8) is 0 Å². The average Bonchev–Trinajstić information content (AvgIpc) is 3.12.